The number of pyridine rings is 1. The average molecular weight is 381 g/mol. The first-order valence-corrected chi connectivity index (χ1v) is 9.70. The largest absolute Gasteiger partial charge is 0.342 e. The van der Waals surface area contributed by atoms with E-state index in [1.807, 2.05) is 18.0 Å². The molecule has 2 aromatic rings. The fraction of sp³-hybridized carbons (Fsp3) is 0.409. The number of hydrogen-bond donors (Lipinski definition) is 0. The Morgan fingerprint density at radius 2 is 2.00 bits per heavy atom. The van der Waals surface area contributed by atoms with Gasteiger partial charge in [-0.3, -0.25) is 14.6 Å². The van der Waals surface area contributed by atoms with Gasteiger partial charge in [-0.2, -0.15) is 0 Å². The molecular formula is C22H24FN3O2. The number of carbonyl (C=O) groups is 2. The summed E-state index contributed by atoms with van der Waals surface area (Å²) in [4.78, 5) is 33.4. The minimum atomic E-state index is -0.409. The summed E-state index contributed by atoms with van der Waals surface area (Å²) in [5.41, 5.74) is 0.940. The summed E-state index contributed by atoms with van der Waals surface area (Å²) < 4.78 is 13.5. The summed E-state index contributed by atoms with van der Waals surface area (Å²) in [7, 11) is 1.84. The van der Waals surface area contributed by atoms with E-state index < -0.39 is 5.41 Å². The standard InChI is InChI=1S/C22H24FN3O2/c1-25-18(14-16-5-4-6-17(23)13-16)15-22(21(25)28)8-11-26(12-9-22)20(27)19-7-2-3-10-24-19/h2-7,10,13,18H,8-9,11-12,14-15H2,1H3/t18-/m0/s1. The van der Waals surface area contributed by atoms with Crippen LogP contribution in [0.4, 0.5) is 4.39 Å². The molecule has 2 fully saturated rings. The molecule has 2 aliphatic heterocycles. The van der Waals surface area contributed by atoms with Crippen molar-refractivity contribution in [1.82, 2.24) is 14.8 Å². The van der Waals surface area contributed by atoms with E-state index in [1.165, 1.54) is 12.1 Å². The number of piperidine rings is 1. The Kier molecular flexibility index (Phi) is 4.87. The normalized spacial score (nSPS) is 21.4. The van der Waals surface area contributed by atoms with Gasteiger partial charge in [0.05, 0.1) is 5.41 Å². The van der Waals surface area contributed by atoms with Crippen LogP contribution >= 0.6 is 0 Å². The molecule has 2 saturated heterocycles. The highest BCUT2D eigenvalue weighted by Gasteiger charge is 2.51. The van der Waals surface area contributed by atoms with Gasteiger partial charge in [0.25, 0.3) is 5.91 Å². The number of likely N-dealkylation sites (N-methyl/N-ethyl adjacent to an activating group) is 1. The average Bonchev–Trinajstić information content (AvgIpc) is 2.93. The van der Waals surface area contributed by atoms with Crippen LogP contribution in [-0.4, -0.2) is 52.8 Å². The molecule has 1 atom stereocenters. The summed E-state index contributed by atoms with van der Waals surface area (Å²) in [6, 6.07) is 12.0. The molecule has 146 valence electrons. The molecule has 4 rings (SSSR count). The fourth-order valence-electron chi connectivity index (χ4n) is 4.57. The van der Waals surface area contributed by atoms with Gasteiger partial charge in [0.2, 0.25) is 5.91 Å². The lowest BCUT2D eigenvalue weighted by Gasteiger charge is -2.37. The van der Waals surface area contributed by atoms with Crippen LogP contribution in [0, 0.1) is 11.2 Å². The SMILES string of the molecule is CN1C(=O)C2(CCN(C(=O)c3ccccn3)CC2)C[C@@H]1Cc1cccc(F)c1. The van der Waals surface area contributed by atoms with Crippen molar-refractivity contribution >= 4 is 11.8 Å². The van der Waals surface area contributed by atoms with Crippen molar-refractivity contribution in [2.45, 2.75) is 31.7 Å². The van der Waals surface area contributed by atoms with Gasteiger partial charge in [-0.1, -0.05) is 18.2 Å². The predicted octanol–water partition coefficient (Wildman–Crippen LogP) is 2.92. The number of aromatic nitrogens is 1. The molecular weight excluding hydrogens is 357 g/mol. The van der Waals surface area contributed by atoms with Gasteiger partial charge in [-0.25, -0.2) is 4.39 Å². The Labute approximate surface area is 164 Å². The number of carbonyl (C=O) groups excluding carboxylic acids is 2. The zero-order valence-electron chi connectivity index (χ0n) is 16.0. The van der Waals surface area contributed by atoms with E-state index in [9.17, 15) is 14.0 Å². The molecule has 0 aliphatic carbocycles. The number of nitrogens with zero attached hydrogens (tertiary/aromatic N) is 3. The zero-order chi connectivity index (χ0) is 19.7. The molecule has 0 radical (unpaired) electrons. The van der Waals surface area contributed by atoms with Gasteiger partial charge < -0.3 is 9.80 Å². The van der Waals surface area contributed by atoms with E-state index in [4.69, 9.17) is 0 Å². The predicted molar refractivity (Wildman–Crippen MR) is 103 cm³/mol. The van der Waals surface area contributed by atoms with Crippen LogP contribution < -0.4 is 0 Å². The van der Waals surface area contributed by atoms with Crippen LogP contribution in [0.3, 0.4) is 0 Å². The lowest BCUT2D eigenvalue weighted by molar-refractivity contribution is -0.137. The Balaban J connectivity index is 1.43. The third kappa shape index (κ3) is 3.39. The molecule has 2 amide bonds. The summed E-state index contributed by atoms with van der Waals surface area (Å²) in [6.07, 6.45) is 4.34. The van der Waals surface area contributed by atoms with Gasteiger partial charge in [-0.05, 0) is 55.5 Å². The van der Waals surface area contributed by atoms with Gasteiger partial charge >= 0.3 is 0 Å². The molecule has 0 N–H and O–H groups in total. The highest BCUT2D eigenvalue weighted by Crippen LogP contribution is 2.44. The molecule has 28 heavy (non-hydrogen) atoms. The first kappa shape index (κ1) is 18.6. The van der Waals surface area contributed by atoms with Crippen LogP contribution in [-0.2, 0) is 11.2 Å². The minimum Gasteiger partial charge on any atom is -0.342 e. The van der Waals surface area contributed by atoms with Crippen molar-refractivity contribution in [2.24, 2.45) is 5.41 Å². The number of likely N-dealkylation sites (tertiary alicyclic amines) is 2. The number of rotatable bonds is 3. The van der Waals surface area contributed by atoms with E-state index in [-0.39, 0.29) is 23.7 Å². The van der Waals surface area contributed by atoms with Crippen molar-refractivity contribution < 1.29 is 14.0 Å². The Bertz CT molecular complexity index is 878. The van der Waals surface area contributed by atoms with Crippen LogP contribution in [0.2, 0.25) is 0 Å². The van der Waals surface area contributed by atoms with E-state index >= 15 is 0 Å². The van der Waals surface area contributed by atoms with E-state index in [0.717, 1.165) is 12.0 Å². The first-order valence-electron chi connectivity index (χ1n) is 9.70. The molecule has 0 unspecified atom stereocenters. The quantitative estimate of drug-likeness (QED) is 0.822. The van der Waals surface area contributed by atoms with Crippen LogP contribution in [0.25, 0.3) is 0 Å². The second-order valence-electron chi connectivity index (χ2n) is 7.90. The Morgan fingerprint density at radius 3 is 2.68 bits per heavy atom. The summed E-state index contributed by atoms with van der Waals surface area (Å²) >= 11 is 0. The molecule has 6 heteroatoms. The van der Waals surface area contributed by atoms with Crippen molar-refractivity contribution in [2.75, 3.05) is 20.1 Å². The highest BCUT2D eigenvalue weighted by molar-refractivity contribution is 5.92. The zero-order valence-corrected chi connectivity index (χ0v) is 16.0. The Morgan fingerprint density at radius 1 is 1.21 bits per heavy atom. The highest BCUT2D eigenvalue weighted by atomic mass is 19.1. The van der Waals surface area contributed by atoms with Crippen molar-refractivity contribution in [3.05, 3.63) is 65.7 Å². The van der Waals surface area contributed by atoms with E-state index in [1.54, 1.807) is 35.4 Å². The molecule has 1 aromatic heterocycles. The summed E-state index contributed by atoms with van der Waals surface area (Å²) in [6.45, 7) is 1.11. The topological polar surface area (TPSA) is 53.5 Å². The fourth-order valence-corrected chi connectivity index (χ4v) is 4.57. The molecule has 0 bridgehead atoms. The van der Waals surface area contributed by atoms with Gasteiger partial charge in [0.1, 0.15) is 11.5 Å². The second-order valence-corrected chi connectivity index (χ2v) is 7.90. The molecule has 5 nitrogen and oxygen atoms in total. The van der Waals surface area contributed by atoms with Crippen LogP contribution in [0.1, 0.15) is 35.3 Å². The first-order chi connectivity index (χ1) is 13.5. The maximum absolute atomic E-state index is 13.5. The third-order valence-corrected chi connectivity index (χ3v) is 6.20. The number of halogens is 1. The monoisotopic (exact) mass is 381 g/mol. The lowest BCUT2D eigenvalue weighted by atomic mass is 9.75. The third-order valence-electron chi connectivity index (χ3n) is 6.20. The van der Waals surface area contributed by atoms with Gasteiger partial charge in [0, 0.05) is 32.4 Å². The van der Waals surface area contributed by atoms with Crippen molar-refractivity contribution in [3.8, 4) is 0 Å². The Hall–Kier alpha value is -2.76. The maximum atomic E-state index is 13.5. The van der Waals surface area contributed by atoms with E-state index in [0.29, 0.717) is 38.0 Å². The van der Waals surface area contributed by atoms with Gasteiger partial charge in [-0.15, -0.1) is 0 Å². The van der Waals surface area contributed by atoms with Crippen molar-refractivity contribution in [3.63, 3.8) is 0 Å². The number of benzene rings is 1. The minimum absolute atomic E-state index is 0.0624. The number of hydrogen-bond acceptors (Lipinski definition) is 3. The van der Waals surface area contributed by atoms with E-state index in [2.05, 4.69) is 4.98 Å². The molecule has 0 saturated carbocycles. The second kappa shape index (κ2) is 7.34. The summed E-state index contributed by atoms with van der Waals surface area (Å²) in [5, 5.41) is 0. The molecule has 2 aliphatic rings. The maximum Gasteiger partial charge on any atom is 0.272 e. The van der Waals surface area contributed by atoms with Crippen molar-refractivity contribution in [1.29, 1.82) is 0 Å². The molecule has 1 aromatic carbocycles. The van der Waals surface area contributed by atoms with Gasteiger partial charge in [0.15, 0.2) is 0 Å². The van der Waals surface area contributed by atoms with Crippen LogP contribution in [0.5, 0.6) is 0 Å². The summed E-state index contributed by atoms with van der Waals surface area (Å²) in [5.74, 6) is -0.176. The number of amides is 2. The lowest BCUT2D eigenvalue weighted by Crippen LogP contribution is -2.46. The molecule has 3 heterocycles. The molecule has 1 spiro atoms. The van der Waals surface area contributed by atoms with Crippen LogP contribution in [0.15, 0.2) is 48.7 Å². The smallest absolute Gasteiger partial charge is 0.272 e.